The van der Waals surface area contributed by atoms with E-state index < -0.39 is 15.1 Å². The van der Waals surface area contributed by atoms with Gasteiger partial charge in [-0.3, -0.25) is 0 Å². The van der Waals surface area contributed by atoms with Crippen molar-refractivity contribution in [3.63, 3.8) is 0 Å². The van der Waals surface area contributed by atoms with E-state index >= 15 is 0 Å². The first-order valence-electron chi connectivity index (χ1n) is 19.0. The Balaban J connectivity index is 5.04. The van der Waals surface area contributed by atoms with E-state index in [1.54, 1.807) is 0 Å². The largest absolute Gasteiger partial charge is 0.906 e. The fourth-order valence-corrected chi connectivity index (χ4v) is 6.02. The summed E-state index contributed by atoms with van der Waals surface area (Å²) in [7, 11) is 0. The van der Waals surface area contributed by atoms with Crippen LogP contribution < -0.4 is 0 Å². The van der Waals surface area contributed by atoms with Gasteiger partial charge in [-0.25, -0.2) is 0 Å². The van der Waals surface area contributed by atoms with E-state index in [-0.39, 0.29) is 0 Å². The van der Waals surface area contributed by atoms with Gasteiger partial charge >= 0.3 is 15.1 Å². The molecular weight excluding hydrogens is 615 g/mol. The molecule has 0 aromatic carbocycles. The highest BCUT2D eigenvalue weighted by Crippen LogP contribution is 2.14. The van der Waals surface area contributed by atoms with E-state index in [2.05, 4.69) is 138 Å². The third-order valence-electron chi connectivity index (χ3n) is 8.36. The molecule has 0 aliphatic heterocycles. The predicted molar refractivity (Wildman–Crippen MR) is 220 cm³/mol. The van der Waals surface area contributed by atoms with Gasteiger partial charge in [0.1, 0.15) is 0 Å². The Morgan fingerprint density at radius 3 is 0.735 bits per heavy atom. The molecular formula is C45H75AlO3. The normalized spacial score (nSPS) is 13.5. The molecule has 276 valence electrons. The van der Waals surface area contributed by atoms with Crippen molar-refractivity contribution in [2.45, 2.75) is 160 Å². The van der Waals surface area contributed by atoms with Crippen molar-refractivity contribution in [1.82, 2.24) is 0 Å². The van der Waals surface area contributed by atoms with E-state index in [4.69, 9.17) is 11.4 Å². The van der Waals surface area contributed by atoms with Crippen LogP contribution in [0.25, 0.3) is 0 Å². The predicted octanol–water partition coefficient (Wildman–Crippen LogP) is 14.3. The second kappa shape index (κ2) is 30.9. The van der Waals surface area contributed by atoms with Crippen LogP contribution in [0.4, 0.5) is 0 Å². The molecule has 0 unspecified atom stereocenters. The fraction of sp³-hybridized carbons (Fsp3) is 0.600. The summed E-state index contributed by atoms with van der Waals surface area (Å²) in [4.78, 5) is 0. The topological polar surface area (TPSA) is 27.7 Å². The van der Waals surface area contributed by atoms with Gasteiger partial charge in [0.15, 0.2) is 0 Å². The molecule has 0 atom stereocenters. The summed E-state index contributed by atoms with van der Waals surface area (Å²) in [6, 6.07) is 0. The van der Waals surface area contributed by atoms with Crippen molar-refractivity contribution in [3.8, 4) is 0 Å². The number of allylic oxidation sites excluding steroid dienone is 15. The van der Waals surface area contributed by atoms with Crippen LogP contribution in [-0.2, 0) is 11.4 Å². The van der Waals surface area contributed by atoms with Crippen LogP contribution >= 0.6 is 0 Å². The van der Waals surface area contributed by atoms with E-state index in [0.29, 0.717) is 19.8 Å². The van der Waals surface area contributed by atoms with Crippen molar-refractivity contribution in [3.05, 3.63) is 105 Å². The van der Waals surface area contributed by atoms with Crippen molar-refractivity contribution >= 4 is 15.1 Å². The molecule has 4 heteroatoms. The van der Waals surface area contributed by atoms with Crippen molar-refractivity contribution in [2.75, 3.05) is 19.8 Å². The maximum atomic E-state index is 6.22. The molecule has 0 spiro atoms. The maximum Gasteiger partial charge on any atom is 0.906 e. The summed E-state index contributed by atoms with van der Waals surface area (Å²) in [6.45, 7) is 27.9. The Morgan fingerprint density at radius 2 is 0.510 bits per heavy atom. The highest BCUT2D eigenvalue weighted by molar-refractivity contribution is 6.36. The van der Waals surface area contributed by atoms with Crippen LogP contribution in [0.2, 0.25) is 0 Å². The van der Waals surface area contributed by atoms with Crippen molar-refractivity contribution in [2.24, 2.45) is 0 Å². The summed E-state index contributed by atoms with van der Waals surface area (Å²) >= 11 is -2.29. The van der Waals surface area contributed by atoms with Gasteiger partial charge in [-0.1, -0.05) is 105 Å². The van der Waals surface area contributed by atoms with Crippen LogP contribution in [0.15, 0.2) is 105 Å². The van der Waals surface area contributed by atoms with E-state index in [1.165, 1.54) is 50.2 Å². The number of rotatable bonds is 27. The zero-order valence-corrected chi connectivity index (χ0v) is 35.3. The second-order valence-corrected chi connectivity index (χ2v) is 16.2. The number of hydrogen-bond donors (Lipinski definition) is 0. The molecule has 0 amide bonds. The zero-order valence-electron chi connectivity index (χ0n) is 34.1. The molecule has 0 aromatic heterocycles. The van der Waals surface area contributed by atoms with Gasteiger partial charge < -0.3 is 11.4 Å². The Labute approximate surface area is 310 Å². The average Bonchev–Trinajstić information content (AvgIpc) is 3.00. The molecule has 0 saturated heterocycles. The molecule has 0 radical (unpaired) electrons. The lowest BCUT2D eigenvalue weighted by atomic mass is 10.1. The summed E-state index contributed by atoms with van der Waals surface area (Å²) in [5.74, 6) is 0. The molecule has 0 bridgehead atoms. The van der Waals surface area contributed by atoms with E-state index in [9.17, 15) is 0 Å². The van der Waals surface area contributed by atoms with Crippen molar-refractivity contribution < 1.29 is 11.4 Å². The van der Waals surface area contributed by atoms with Crippen molar-refractivity contribution in [1.29, 1.82) is 0 Å². The monoisotopic (exact) mass is 691 g/mol. The molecule has 49 heavy (non-hydrogen) atoms. The third-order valence-corrected chi connectivity index (χ3v) is 9.75. The minimum absolute atomic E-state index is 0.533. The Morgan fingerprint density at radius 1 is 0.306 bits per heavy atom. The number of hydrogen-bond acceptors (Lipinski definition) is 3. The lowest BCUT2D eigenvalue weighted by Gasteiger charge is -2.12. The first-order chi connectivity index (χ1) is 23.3. The first kappa shape index (κ1) is 47.1. The van der Waals surface area contributed by atoms with E-state index in [0.717, 1.165) is 77.0 Å². The molecule has 0 aliphatic rings. The van der Waals surface area contributed by atoms with Crippen LogP contribution in [0.5, 0.6) is 0 Å². The Hall–Kier alpha value is -1.93. The average molecular weight is 691 g/mol. The minimum Gasteiger partial charge on any atom is -0.451 e. The van der Waals surface area contributed by atoms with Gasteiger partial charge in [0, 0.05) is 19.8 Å². The SMILES string of the molecule is CC(C)=CCCC(C)=CCCC(C)=CC[O][Al]([O]CC=C(C)CCC=C(C)CCC=C(C)C)[O]CC=C(C)CCC=C(C)CCC=C(C)C. The molecule has 0 rings (SSSR count). The highest BCUT2D eigenvalue weighted by atomic mass is 27.3. The van der Waals surface area contributed by atoms with Gasteiger partial charge in [0.25, 0.3) is 0 Å². The first-order valence-corrected chi connectivity index (χ1v) is 20.4. The standard InChI is InChI=1S/3C15H25O.Al/c3*1-13(2)7-5-8-14(3)9-6-10-15(4)11-12-16;/h3*7,9,11H,5-6,8,10,12H2,1-4H3;/q3*-1;+3. The van der Waals surface area contributed by atoms with Gasteiger partial charge in [0.2, 0.25) is 0 Å². The quantitative estimate of drug-likeness (QED) is 0.0634. The van der Waals surface area contributed by atoms with Gasteiger partial charge in [-0.15, -0.1) is 0 Å². The highest BCUT2D eigenvalue weighted by Gasteiger charge is 2.30. The molecule has 0 N–H and O–H groups in total. The third kappa shape index (κ3) is 33.0. The van der Waals surface area contributed by atoms with Crippen LogP contribution in [0.3, 0.4) is 0 Å². The molecule has 0 aliphatic carbocycles. The fourth-order valence-electron chi connectivity index (χ4n) is 4.97. The summed E-state index contributed by atoms with van der Waals surface area (Å²) in [6.07, 6.45) is 33.8. The Bertz CT molecular complexity index is 1030. The Kier molecular flexibility index (Phi) is 29.6. The molecule has 0 heterocycles. The summed E-state index contributed by atoms with van der Waals surface area (Å²) in [5.41, 5.74) is 12.6. The minimum atomic E-state index is -2.29. The van der Waals surface area contributed by atoms with Gasteiger partial charge in [0.05, 0.1) is 0 Å². The molecule has 0 saturated carbocycles. The summed E-state index contributed by atoms with van der Waals surface area (Å²) < 4.78 is 18.7. The molecule has 0 aromatic rings. The smallest absolute Gasteiger partial charge is 0.451 e. The van der Waals surface area contributed by atoms with Crippen LogP contribution in [0, 0.1) is 0 Å². The van der Waals surface area contributed by atoms with Gasteiger partial charge in [-0.05, 0) is 160 Å². The van der Waals surface area contributed by atoms with Gasteiger partial charge in [-0.2, -0.15) is 0 Å². The second-order valence-electron chi connectivity index (χ2n) is 14.7. The lowest BCUT2D eigenvalue weighted by molar-refractivity contribution is 0.122. The molecule has 3 nitrogen and oxygen atoms in total. The van der Waals surface area contributed by atoms with Crippen LogP contribution in [0.1, 0.15) is 160 Å². The summed E-state index contributed by atoms with van der Waals surface area (Å²) in [5, 5.41) is 0. The lowest BCUT2D eigenvalue weighted by Crippen LogP contribution is -2.28. The molecule has 0 fully saturated rings. The van der Waals surface area contributed by atoms with E-state index in [1.807, 2.05) is 0 Å². The maximum absolute atomic E-state index is 6.22. The van der Waals surface area contributed by atoms with Crippen LogP contribution in [-0.4, -0.2) is 35.0 Å². The zero-order chi connectivity index (χ0) is 36.9.